The van der Waals surface area contributed by atoms with Gasteiger partial charge in [0.25, 0.3) is 5.91 Å². The van der Waals surface area contributed by atoms with Crippen molar-refractivity contribution in [1.29, 1.82) is 0 Å². The first kappa shape index (κ1) is 19.4. The average molecular weight is 375 g/mol. The number of nitrogens with zero attached hydrogens (tertiary/aromatic N) is 1. The maximum absolute atomic E-state index is 12.3. The summed E-state index contributed by atoms with van der Waals surface area (Å²) in [6.07, 6.45) is 2.36. The molecule has 0 aliphatic carbocycles. The van der Waals surface area contributed by atoms with E-state index in [1.807, 2.05) is 48.5 Å². The number of carbonyl (C=O) groups excluding carboxylic acids is 1. The molecule has 5 nitrogen and oxygen atoms in total. The van der Waals surface area contributed by atoms with Gasteiger partial charge in [0.2, 0.25) is 0 Å². The van der Waals surface area contributed by atoms with Gasteiger partial charge in [-0.2, -0.15) is 0 Å². The fourth-order valence-electron chi connectivity index (χ4n) is 2.88. The van der Waals surface area contributed by atoms with Crippen LogP contribution in [0, 0.1) is 0 Å². The van der Waals surface area contributed by atoms with Gasteiger partial charge in [0.05, 0.1) is 12.7 Å². The minimum atomic E-state index is -0.122. The van der Waals surface area contributed by atoms with E-state index >= 15 is 0 Å². The van der Waals surface area contributed by atoms with Crippen molar-refractivity contribution in [2.75, 3.05) is 19.0 Å². The quantitative estimate of drug-likeness (QED) is 0.618. The zero-order valence-electron chi connectivity index (χ0n) is 16.2. The smallest absolute Gasteiger partial charge is 0.252 e. The molecule has 0 radical (unpaired) electrons. The number of methoxy groups -OCH3 is 1. The fraction of sp³-hybridized carbons (Fsp3) is 0.217. The van der Waals surface area contributed by atoms with E-state index in [0.717, 1.165) is 23.6 Å². The number of carbonyl (C=O) groups is 1. The zero-order valence-corrected chi connectivity index (χ0v) is 16.2. The predicted octanol–water partition coefficient (Wildman–Crippen LogP) is 4.24. The molecule has 2 aromatic carbocycles. The normalized spacial score (nSPS) is 11.5. The van der Waals surface area contributed by atoms with Crippen molar-refractivity contribution in [2.24, 2.45) is 0 Å². The molecule has 1 aromatic heterocycles. The molecule has 0 aliphatic rings. The Hall–Kier alpha value is -3.34. The van der Waals surface area contributed by atoms with Gasteiger partial charge in [-0.05, 0) is 48.7 Å². The van der Waals surface area contributed by atoms with Crippen LogP contribution in [-0.4, -0.2) is 24.5 Å². The van der Waals surface area contributed by atoms with Crippen molar-refractivity contribution in [3.05, 3.63) is 89.6 Å². The lowest BCUT2D eigenvalue weighted by Gasteiger charge is -2.15. The molecule has 5 heteroatoms. The Bertz CT molecular complexity index is 878. The summed E-state index contributed by atoms with van der Waals surface area (Å²) in [5.41, 5.74) is 2.88. The molecule has 1 unspecified atom stereocenters. The molecule has 1 atom stereocenters. The van der Waals surface area contributed by atoms with E-state index in [2.05, 4.69) is 34.7 Å². The van der Waals surface area contributed by atoms with E-state index < -0.39 is 0 Å². The van der Waals surface area contributed by atoms with E-state index in [1.165, 1.54) is 5.56 Å². The molecule has 0 bridgehead atoms. The number of hydrogen-bond donors (Lipinski definition) is 2. The third-order valence-corrected chi connectivity index (χ3v) is 4.55. The number of rotatable bonds is 8. The molecular formula is C23H25N3O2. The van der Waals surface area contributed by atoms with Crippen molar-refractivity contribution in [3.63, 3.8) is 0 Å². The van der Waals surface area contributed by atoms with Crippen molar-refractivity contribution in [3.8, 4) is 5.75 Å². The average Bonchev–Trinajstić information content (AvgIpc) is 2.75. The fourth-order valence-corrected chi connectivity index (χ4v) is 2.88. The highest BCUT2D eigenvalue weighted by atomic mass is 16.5. The van der Waals surface area contributed by atoms with Gasteiger partial charge in [0.1, 0.15) is 11.6 Å². The Morgan fingerprint density at radius 1 is 1.04 bits per heavy atom. The minimum Gasteiger partial charge on any atom is -0.497 e. The highest BCUT2D eigenvalue weighted by Crippen LogP contribution is 2.17. The van der Waals surface area contributed by atoms with Crippen LogP contribution in [0.5, 0.6) is 5.75 Å². The highest BCUT2D eigenvalue weighted by Gasteiger charge is 2.08. The summed E-state index contributed by atoms with van der Waals surface area (Å²) in [6, 6.07) is 21.8. The number of ether oxygens (including phenoxy) is 1. The highest BCUT2D eigenvalue weighted by molar-refractivity contribution is 5.94. The number of aromatic nitrogens is 1. The number of nitrogens with one attached hydrogen (secondary N) is 2. The van der Waals surface area contributed by atoms with Crippen LogP contribution < -0.4 is 15.4 Å². The predicted molar refractivity (Wildman–Crippen MR) is 112 cm³/mol. The number of anilines is 1. The van der Waals surface area contributed by atoms with Crippen molar-refractivity contribution in [1.82, 2.24) is 10.3 Å². The van der Waals surface area contributed by atoms with Gasteiger partial charge < -0.3 is 15.4 Å². The van der Waals surface area contributed by atoms with Crippen molar-refractivity contribution in [2.45, 2.75) is 19.4 Å². The van der Waals surface area contributed by atoms with Gasteiger partial charge in [0, 0.05) is 18.8 Å². The van der Waals surface area contributed by atoms with E-state index in [1.54, 1.807) is 19.4 Å². The Balaban J connectivity index is 1.49. The molecule has 28 heavy (non-hydrogen) atoms. The minimum absolute atomic E-state index is 0.122. The van der Waals surface area contributed by atoms with Crippen LogP contribution in [0.2, 0.25) is 0 Å². The molecule has 1 amide bonds. The largest absolute Gasteiger partial charge is 0.497 e. The summed E-state index contributed by atoms with van der Waals surface area (Å²) in [4.78, 5) is 16.7. The SMILES string of the molecule is COc1ccc(CCNC(=O)c2ccc(NC(C)c3ccccc3)nc2)cc1. The first-order valence-electron chi connectivity index (χ1n) is 9.34. The van der Waals surface area contributed by atoms with E-state index in [4.69, 9.17) is 4.74 Å². The van der Waals surface area contributed by atoms with E-state index in [-0.39, 0.29) is 11.9 Å². The van der Waals surface area contributed by atoms with Crippen LogP contribution in [0.4, 0.5) is 5.82 Å². The Kier molecular flexibility index (Phi) is 6.63. The van der Waals surface area contributed by atoms with Gasteiger partial charge in [0.15, 0.2) is 0 Å². The molecule has 3 rings (SSSR count). The molecule has 0 saturated heterocycles. The molecule has 0 fully saturated rings. The third kappa shape index (κ3) is 5.33. The lowest BCUT2D eigenvalue weighted by atomic mass is 10.1. The summed E-state index contributed by atoms with van der Waals surface area (Å²) in [6.45, 7) is 2.65. The second-order valence-corrected chi connectivity index (χ2v) is 6.56. The van der Waals surface area contributed by atoms with Crippen LogP contribution in [0.1, 0.15) is 34.5 Å². The lowest BCUT2D eigenvalue weighted by Crippen LogP contribution is -2.25. The number of pyridine rings is 1. The van der Waals surface area contributed by atoms with Gasteiger partial charge >= 0.3 is 0 Å². The van der Waals surface area contributed by atoms with Gasteiger partial charge in [-0.25, -0.2) is 4.98 Å². The summed E-state index contributed by atoms with van der Waals surface area (Å²) in [7, 11) is 1.65. The molecule has 0 saturated carbocycles. The van der Waals surface area contributed by atoms with Crippen LogP contribution in [0.25, 0.3) is 0 Å². The van der Waals surface area contributed by atoms with Crippen LogP contribution in [0.15, 0.2) is 72.9 Å². The van der Waals surface area contributed by atoms with Crippen molar-refractivity contribution < 1.29 is 9.53 Å². The Morgan fingerprint density at radius 2 is 1.79 bits per heavy atom. The molecular weight excluding hydrogens is 350 g/mol. The monoisotopic (exact) mass is 375 g/mol. The molecule has 2 N–H and O–H groups in total. The topological polar surface area (TPSA) is 63.2 Å². The first-order valence-corrected chi connectivity index (χ1v) is 9.34. The maximum Gasteiger partial charge on any atom is 0.252 e. The second-order valence-electron chi connectivity index (χ2n) is 6.56. The van der Waals surface area contributed by atoms with Crippen molar-refractivity contribution >= 4 is 11.7 Å². The van der Waals surface area contributed by atoms with E-state index in [9.17, 15) is 4.79 Å². The lowest BCUT2D eigenvalue weighted by molar-refractivity contribution is 0.0954. The second kappa shape index (κ2) is 9.55. The number of hydrogen-bond acceptors (Lipinski definition) is 4. The van der Waals surface area contributed by atoms with Gasteiger partial charge in [-0.1, -0.05) is 42.5 Å². The standard InChI is InChI=1S/C23H25N3O2/c1-17(19-6-4-3-5-7-19)26-22-13-10-20(16-25-22)23(27)24-15-14-18-8-11-21(28-2)12-9-18/h3-13,16-17H,14-15H2,1-2H3,(H,24,27)(H,25,26). The van der Waals surface area contributed by atoms with Gasteiger partial charge in [-0.15, -0.1) is 0 Å². The molecule has 1 heterocycles. The molecule has 3 aromatic rings. The number of amides is 1. The summed E-state index contributed by atoms with van der Waals surface area (Å²) in [5.74, 6) is 1.45. The maximum atomic E-state index is 12.3. The zero-order chi connectivity index (χ0) is 19.8. The van der Waals surface area contributed by atoms with E-state index in [0.29, 0.717) is 12.1 Å². The van der Waals surface area contributed by atoms with Crippen LogP contribution in [0.3, 0.4) is 0 Å². The van der Waals surface area contributed by atoms with Crippen LogP contribution in [-0.2, 0) is 6.42 Å². The third-order valence-electron chi connectivity index (χ3n) is 4.55. The Morgan fingerprint density at radius 3 is 2.43 bits per heavy atom. The molecule has 0 aliphatic heterocycles. The summed E-state index contributed by atoms with van der Waals surface area (Å²) >= 11 is 0. The Labute approximate surface area is 165 Å². The summed E-state index contributed by atoms with van der Waals surface area (Å²) < 4.78 is 5.15. The number of benzene rings is 2. The van der Waals surface area contributed by atoms with Crippen LogP contribution >= 0.6 is 0 Å². The first-order chi connectivity index (χ1) is 13.7. The summed E-state index contributed by atoms with van der Waals surface area (Å²) in [5, 5.41) is 6.28. The van der Waals surface area contributed by atoms with Gasteiger partial charge in [-0.3, -0.25) is 4.79 Å². The molecule has 144 valence electrons. The molecule has 0 spiro atoms.